The highest BCUT2D eigenvalue weighted by Crippen LogP contribution is 2.28. The molecular weight excluding hydrogens is 152 g/mol. The van der Waals surface area contributed by atoms with Crippen LogP contribution in [0.5, 0.6) is 0 Å². The molecule has 2 heteroatoms. The van der Waals surface area contributed by atoms with Crippen LogP contribution in [-0.2, 0) is 9.53 Å². The fourth-order valence-electron chi connectivity index (χ4n) is 1.47. The SMILES string of the molecule is CCC(C)(C)C(=O)C1CCOC1. The van der Waals surface area contributed by atoms with Gasteiger partial charge >= 0.3 is 0 Å². The number of carbonyl (C=O) groups excluding carboxylic acids is 1. The van der Waals surface area contributed by atoms with Gasteiger partial charge in [-0.3, -0.25) is 4.79 Å². The maximum atomic E-state index is 11.8. The molecule has 0 N–H and O–H groups in total. The predicted molar refractivity (Wildman–Crippen MR) is 48.0 cm³/mol. The van der Waals surface area contributed by atoms with E-state index in [4.69, 9.17) is 4.74 Å². The van der Waals surface area contributed by atoms with Gasteiger partial charge in [-0.15, -0.1) is 0 Å². The molecular formula is C10H18O2. The van der Waals surface area contributed by atoms with Crippen molar-refractivity contribution in [1.29, 1.82) is 0 Å². The van der Waals surface area contributed by atoms with Crippen LogP contribution in [0.3, 0.4) is 0 Å². The highest BCUT2D eigenvalue weighted by Gasteiger charge is 2.33. The van der Waals surface area contributed by atoms with E-state index in [9.17, 15) is 4.79 Å². The maximum absolute atomic E-state index is 11.8. The minimum absolute atomic E-state index is 0.154. The molecule has 1 aliphatic heterocycles. The van der Waals surface area contributed by atoms with Crippen molar-refractivity contribution >= 4 is 5.78 Å². The lowest BCUT2D eigenvalue weighted by Gasteiger charge is -2.23. The lowest BCUT2D eigenvalue weighted by atomic mass is 9.79. The number of Topliss-reactive ketones (excluding diaryl/α,β-unsaturated/α-hetero) is 1. The van der Waals surface area contributed by atoms with Crippen LogP contribution in [0.15, 0.2) is 0 Å². The molecule has 1 rings (SSSR count). The van der Waals surface area contributed by atoms with Crippen LogP contribution in [0, 0.1) is 11.3 Å². The van der Waals surface area contributed by atoms with Gasteiger partial charge in [0, 0.05) is 17.9 Å². The van der Waals surface area contributed by atoms with E-state index >= 15 is 0 Å². The predicted octanol–water partition coefficient (Wildman–Crippen LogP) is 2.03. The highest BCUT2D eigenvalue weighted by molar-refractivity contribution is 5.86. The number of ether oxygens (including phenoxy) is 1. The Balaban J connectivity index is 2.56. The van der Waals surface area contributed by atoms with Crippen LogP contribution in [0.1, 0.15) is 33.6 Å². The molecule has 1 heterocycles. The van der Waals surface area contributed by atoms with E-state index in [1.54, 1.807) is 0 Å². The summed E-state index contributed by atoms with van der Waals surface area (Å²) in [5.41, 5.74) is -0.154. The van der Waals surface area contributed by atoms with Crippen LogP contribution in [0.2, 0.25) is 0 Å². The van der Waals surface area contributed by atoms with Crippen molar-refractivity contribution in [1.82, 2.24) is 0 Å². The van der Waals surface area contributed by atoms with E-state index in [2.05, 4.69) is 6.92 Å². The van der Waals surface area contributed by atoms with Crippen LogP contribution >= 0.6 is 0 Å². The molecule has 0 aliphatic carbocycles. The van der Waals surface area contributed by atoms with E-state index in [-0.39, 0.29) is 11.3 Å². The summed E-state index contributed by atoms with van der Waals surface area (Å²) in [5, 5.41) is 0. The number of hydrogen-bond acceptors (Lipinski definition) is 2. The monoisotopic (exact) mass is 170 g/mol. The van der Waals surface area contributed by atoms with Crippen LogP contribution < -0.4 is 0 Å². The smallest absolute Gasteiger partial charge is 0.143 e. The summed E-state index contributed by atoms with van der Waals surface area (Å²) in [6, 6.07) is 0. The van der Waals surface area contributed by atoms with E-state index in [0.29, 0.717) is 12.4 Å². The van der Waals surface area contributed by atoms with E-state index in [1.165, 1.54) is 0 Å². The van der Waals surface area contributed by atoms with Gasteiger partial charge in [0.15, 0.2) is 0 Å². The summed E-state index contributed by atoms with van der Waals surface area (Å²) in [7, 11) is 0. The molecule has 0 saturated carbocycles. The first kappa shape index (κ1) is 9.72. The van der Waals surface area contributed by atoms with Gasteiger partial charge in [-0.2, -0.15) is 0 Å². The van der Waals surface area contributed by atoms with Crippen molar-refractivity contribution in [3.63, 3.8) is 0 Å². The average Bonchev–Trinajstić information content (AvgIpc) is 2.55. The quantitative estimate of drug-likeness (QED) is 0.647. The number of hydrogen-bond donors (Lipinski definition) is 0. The minimum atomic E-state index is -0.154. The molecule has 0 bridgehead atoms. The van der Waals surface area contributed by atoms with Gasteiger partial charge in [0.25, 0.3) is 0 Å². The molecule has 2 nitrogen and oxygen atoms in total. The van der Waals surface area contributed by atoms with Gasteiger partial charge in [0.2, 0.25) is 0 Å². The second kappa shape index (κ2) is 3.56. The van der Waals surface area contributed by atoms with Crippen molar-refractivity contribution in [3.05, 3.63) is 0 Å². The van der Waals surface area contributed by atoms with Gasteiger partial charge in [-0.1, -0.05) is 20.8 Å². The molecule has 1 atom stereocenters. The van der Waals surface area contributed by atoms with E-state index < -0.39 is 0 Å². The fraction of sp³-hybridized carbons (Fsp3) is 0.900. The van der Waals surface area contributed by atoms with Crippen molar-refractivity contribution in [3.8, 4) is 0 Å². The Morgan fingerprint density at radius 3 is 2.67 bits per heavy atom. The Morgan fingerprint density at radius 1 is 1.58 bits per heavy atom. The Bertz CT molecular complexity index is 167. The second-order valence-corrected chi connectivity index (χ2v) is 4.16. The van der Waals surface area contributed by atoms with Crippen LogP contribution in [-0.4, -0.2) is 19.0 Å². The molecule has 0 aromatic heterocycles. The molecule has 0 radical (unpaired) electrons. The van der Waals surface area contributed by atoms with E-state index in [0.717, 1.165) is 19.4 Å². The maximum Gasteiger partial charge on any atom is 0.143 e. The largest absolute Gasteiger partial charge is 0.381 e. The van der Waals surface area contributed by atoms with Crippen molar-refractivity contribution in [2.75, 3.05) is 13.2 Å². The number of carbonyl (C=O) groups is 1. The summed E-state index contributed by atoms with van der Waals surface area (Å²) in [6.07, 6.45) is 1.84. The zero-order valence-electron chi connectivity index (χ0n) is 8.22. The van der Waals surface area contributed by atoms with Gasteiger partial charge < -0.3 is 4.74 Å². The van der Waals surface area contributed by atoms with Gasteiger partial charge in [0.05, 0.1) is 6.61 Å². The third-order valence-corrected chi connectivity index (χ3v) is 2.85. The first-order valence-electron chi connectivity index (χ1n) is 4.70. The zero-order chi connectivity index (χ0) is 9.19. The standard InChI is InChI=1S/C10H18O2/c1-4-10(2,3)9(11)8-5-6-12-7-8/h8H,4-7H2,1-3H3. The molecule has 70 valence electrons. The summed E-state index contributed by atoms with van der Waals surface area (Å²) in [4.78, 5) is 11.8. The van der Waals surface area contributed by atoms with Crippen LogP contribution in [0.4, 0.5) is 0 Å². The van der Waals surface area contributed by atoms with Crippen molar-refractivity contribution < 1.29 is 9.53 Å². The molecule has 0 aromatic rings. The number of ketones is 1. The molecule has 12 heavy (non-hydrogen) atoms. The summed E-state index contributed by atoms with van der Waals surface area (Å²) in [5.74, 6) is 0.544. The zero-order valence-corrected chi connectivity index (χ0v) is 8.22. The van der Waals surface area contributed by atoms with Gasteiger partial charge in [-0.25, -0.2) is 0 Å². The topological polar surface area (TPSA) is 26.3 Å². The first-order chi connectivity index (χ1) is 5.58. The summed E-state index contributed by atoms with van der Waals surface area (Å²) < 4.78 is 5.20. The molecule has 1 unspecified atom stereocenters. The lowest BCUT2D eigenvalue weighted by Crippen LogP contribution is -2.30. The molecule has 1 saturated heterocycles. The van der Waals surface area contributed by atoms with Crippen molar-refractivity contribution in [2.24, 2.45) is 11.3 Å². The second-order valence-electron chi connectivity index (χ2n) is 4.16. The van der Waals surface area contributed by atoms with Gasteiger partial charge in [-0.05, 0) is 12.8 Å². The normalized spacial score (nSPS) is 24.4. The third kappa shape index (κ3) is 1.86. The first-order valence-corrected chi connectivity index (χ1v) is 4.70. The minimum Gasteiger partial charge on any atom is -0.381 e. The Morgan fingerprint density at radius 2 is 2.25 bits per heavy atom. The molecule has 1 fully saturated rings. The summed E-state index contributed by atoms with van der Waals surface area (Å²) >= 11 is 0. The Labute approximate surface area is 74.3 Å². The average molecular weight is 170 g/mol. The van der Waals surface area contributed by atoms with E-state index in [1.807, 2.05) is 13.8 Å². The van der Waals surface area contributed by atoms with Crippen LogP contribution in [0.25, 0.3) is 0 Å². The Kier molecular flexibility index (Phi) is 2.89. The van der Waals surface area contributed by atoms with Gasteiger partial charge in [0.1, 0.15) is 5.78 Å². The third-order valence-electron chi connectivity index (χ3n) is 2.85. The molecule has 1 aliphatic rings. The molecule has 0 amide bonds. The van der Waals surface area contributed by atoms with Crippen molar-refractivity contribution in [2.45, 2.75) is 33.6 Å². The highest BCUT2D eigenvalue weighted by atomic mass is 16.5. The lowest BCUT2D eigenvalue weighted by molar-refractivity contribution is -0.131. The fourth-order valence-corrected chi connectivity index (χ4v) is 1.47. The molecule has 0 aromatic carbocycles. The Hall–Kier alpha value is -0.370. The number of rotatable bonds is 3. The molecule has 0 spiro atoms. The summed E-state index contributed by atoms with van der Waals surface area (Å²) in [6.45, 7) is 7.51.